The van der Waals surface area contributed by atoms with E-state index < -0.39 is 0 Å². The molecule has 3 rings (SSSR count). The Balaban J connectivity index is 1.60. The smallest absolute Gasteiger partial charge is 0.339 e. The lowest BCUT2D eigenvalue weighted by atomic mass is 9.84. The molecular formula is C17H22Cl2NO2+. The summed E-state index contributed by atoms with van der Waals surface area (Å²) in [7, 11) is 0. The number of ether oxygens (including phenoxy) is 1. The highest BCUT2D eigenvalue weighted by Crippen LogP contribution is 2.24. The second kappa shape index (κ2) is 7.20. The van der Waals surface area contributed by atoms with Crippen LogP contribution in [0.4, 0.5) is 0 Å². The maximum Gasteiger partial charge on any atom is 0.339 e. The van der Waals surface area contributed by atoms with Crippen molar-refractivity contribution in [2.24, 2.45) is 5.92 Å². The Morgan fingerprint density at radius 1 is 1.18 bits per heavy atom. The molecule has 2 aliphatic rings. The fraction of sp³-hybridized carbons (Fsp3) is 0.588. The summed E-state index contributed by atoms with van der Waals surface area (Å²) in [6, 6.07) is 5.53. The average molecular weight is 343 g/mol. The molecule has 2 heterocycles. The molecule has 0 bridgehead atoms. The zero-order valence-electron chi connectivity index (χ0n) is 12.6. The predicted octanol–water partition coefficient (Wildman–Crippen LogP) is 3.00. The number of benzene rings is 1. The molecule has 0 aromatic heterocycles. The lowest BCUT2D eigenvalue weighted by Crippen LogP contribution is -3.18. The van der Waals surface area contributed by atoms with Gasteiger partial charge in [-0.15, -0.1) is 0 Å². The van der Waals surface area contributed by atoms with Crippen LogP contribution in [0.5, 0.6) is 0 Å². The molecule has 22 heavy (non-hydrogen) atoms. The first-order valence-electron chi connectivity index (χ1n) is 8.12. The number of fused-ring (bicyclic) bond motifs is 1. The minimum Gasteiger partial charge on any atom is -0.462 e. The lowest BCUT2D eigenvalue weighted by molar-refractivity contribution is -0.940. The Morgan fingerprint density at radius 3 is 2.82 bits per heavy atom. The molecule has 2 aliphatic heterocycles. The van der Waals surface area contributed by atoms with Crippen LogP contribution >= 0.6 is 23.2 Å². The van der Waals surface area contributed by atoms with Crippen molar-refractivity contribution in [3.05, 3.63) is 33.8 Å². The SMILES string of the molecule is O=C(OC[C@H]1CCC[NH+]2CCCC[C@H]12)c1ccc(Cl)cc1Cl. The third kappa shape index (κ3) is 3.58. The van der Waals surface area contributed by atoms with Crippen molar-refractivity contribution >= 4 is 29.2 Å². The maximum absolute atomic E-state index is 12.2. The first-order valence-corrected chi connectivity index (χ1v) is 8.87. The van der Waals surface area contributed by atoms with Gasteiger partial charge in [0.2, 0.25) is 0 Å². The van der Waals surface area contributed by atoms with Gasteiger partial charge in [-0.1, -0.05) is 23.2 Å². The number of halogens is 2. The van der Waals surface area contributed by atoms with Crippen LogP contribution in [0.15, 0.2) is 18.2 Å². The number of quaternary nitrogens is 1. The van der Waals surface area contributed by atoms with Gasteiger partial charge in [-0.2, -0.15) is 0 Å². The minimum atomic E-state index is -0.343. The summed E-state index contributed by atoms with van der Waals surface area (Å²) in [5, 5.41) is 0.876. The summed E-state index contributed by atoms with van der Waals surface area (Å²) < 4.78 is 5.56. The van der Waals surface area contributed by atoms with Crippen LogP contribution in [0, 0.1) is 5.92 Å². The Bertz CT molecular complexity index is 547. The molecule has 0 radical (unpaired) electrons. The summed E-state index contributed by atoms with van der Waals surface area (Å²) in [5.74, 6) is 0.142. The van der Waals surface area contributed by atoms with Crippen molar-refractivity contribution in [3.8, 4) is 0 Å². The molecule has 2 saturated heterocycles. The number of carbonyl (C=O) groups excluding carboxylic acids is 1. The fourth-order valence-corrected chi connectivity index (χ4v) is 4.38. The molecule has 120 valence electrons. The van der Waals surface area contributed by atoms with Gasteiger partial charge in [0.05, 0.1) is 29.7 Å². The van der Waals surface area contributed by atoms with E-state index in [0.717, 1.165) is 6.42 Å². The first kappa shape index (κ1) is 16.1. The minimum absolute atomic E-state index is 0.343. The molecule has 2 fully saturated rings. The van der Waals surface area contributed by atoms with E-state index in [1.54, 1.807) is 23.1 Å². The highest BCUT2D eigenvalue weighted by Gasteiger charge is 2.37. The third-order valence-electron chi connectivity index (χ3n) is 5.01. The molecule has 5 heteroatoms. The van der Waals surface area contributed by atoms with Gasteiger partial charge in [-0.25, -0.2) is 4.79 Å². The van der Waals surface area contributed by atoms with Gasteiger partial charge < -0.3 is 9.64 Å². The van der Waals surface area contributed by atoms with Crippen LogP contribution in [-0.2, 0) is 4.74 Å². The van der Waals surface area contributed by atoms with E-state index >= 15 is 0 Å². The van der Waals surface area contributed by atoms with Crippen molar-refractivity contribution in [2.75, 3.05) is 19.7 Å². The maximum atomic E-state index is 12.2. The molecule has 1 unspecified atom stereocenters. The lowest BCUT2D eigenvalue weighted by Gasteiger charge is -2.41. The molecule has 3 nitrogen and oxygen atoms in total. The van der Waals surface area contributed by atoms with E-state index in [-0.39, 0.29) is 5.97 Å². The number of carbonyl (C=O) groups is 1. The van der Waals surface area contributed by atoms with Gasteiger partial charge in [-0.3, -0.25) is 0 Å². The number of hydrogen-bond donors (Lipinski definition) is 1. The van der Waals surface area contributed by atoms with Crippen molar-refractivity contribution in [2.45, 2.75) is 38.1 Å². The van der Waals surface area contributed by atoms with Gasteiger partial charge in [0.25, 0.3) is 0 Å². The molecule has 0 saturated carbocycles. The summed E-state index contributed by atoms with van der Waals surface area (Å²) >= 11 is 11.9. The zero-order valence-corrected chi connectivity index (χ0v) is 14.1. The number of piperidine rings is 2. The molecule has 0 spiro atoms. The Labute approximate surface area is 141 Å². The molecule has 1 N–H and O–H groups in total. The Morgan fingerprint density at radius 2 is 2.00 bits per heavy atom. The van der Waals surface area contributed by atoms with Gasteiger partial charge in [0.1, 0.15) is 6.61 Å². The first-order chi connectivity index (χ1) is 10.6. The van der Waals surface area contributed by atoms with Crippen LogP contribution in [0.3, 0.4) is 0 Å². The average Bonchev–Trinajstić information content (AvgIpc) is 2.52. The normalized spacial score (nSPS) is 28.0. The van der Waals surface area contributed by atoms with E-state index in [0.29, 0.717) is 34.2 Å². The Hall–Kier alpha value is -0.770. The monoisotopic (exact) mass is 342 g/mol. The second-order valence-electron chi connectivity index (χ2n) is 6.39. The second-order valence-corrected chi connectivity index (χ2v) is 7.23. The largest absolute Gasteiger partial charge is 0.462 e. The van der Waals surface area contributed by atoms with Gasteiger partial charge >= 0.3 is 5.97 Å². The molecule has 3 atom stereocenters. The predicted molar refractivity (Wildman–Crippen MR) is 87.8 cm³/mol. The molecule has 1 aromatic carbocycles. The highest BCUT2D eigenvalue weighted by atomic mass is 35.5. The Kier molecular flexibility index (Phi) is 5.27. The number of nitrogens with one attached hydrogen (secondary N) is 1. The number of rotatable bonds is 3. The topological polar surface area (TPSA) is 30.7 Å². The molecule has 0 aliphatic carbocycles. The zero-order chi connectivity index (χ0) is 15.5. The van der Waals surface area contributed by atoms with E-state index in [1.807, 2.05) is 0 Å². The highest BCUT2D eigenvalue weighted by molar-refractivity contribution is 6.36. The van der Waals surface area contributed by atoms with Crippen molar-refractivity contribution < 1.29 is 14.4 Å². The number of hydrogen-bond acceptors (Lipinski definition) is 2. The standard InChI is InChI=1S/C17H21Cl2NO2/c18-13-6-7-14(15(19)10-13)17(21)22-11-12-4-3-9-20-8-2-1-5-16(12)20/h6-7,10,12,16H,1-5,8-9,11H2/p+1/t12-,16-/m1/s1. The van der Waals surface area contributed by atoms with E-state index in [2.05, 4.69) is 0 Å². The third-order valence-corrected chi connectivity index (χ3v) is 5.56. The van der Waals surface area contributed by atoms with Crippen LogP contribution in [0.2, 0.25) is 10.0 Å². The molecular weight excluding hydrogens is 321 g/mol. The molecule has 1 aromatic rings. The van der Waals surface area contributed by atoms with Gasteiger partial charge in [-0.05, 0) is 50.3 Å². The van der Waals surface area contributed by atoms with Gasteiger partial charge in [0.15, 0.2) is 0 Å². The van der Waals surface area contributed by atoms with E-state index in [4.69, 9.17) is 27.9 Å². The van der Waals surface area contributed by atoms with Crippen LogP contribution < -0.4 is 4.90 Å². The van der Waals surface area contributed by atoms with Crippen molar-refractivity contribution in [1.29, 1.82) is 0 Å². The van der Waals surface area contributed by atoms with Crippen LogP contribution in [0.25, 0.3) is 0 Å². The molecule has 0 amide bonds. The van der Waals surface area contributed by atoms with Gasteiger partial charge in [0, 0.05) is 10.9 Å². The quantitative estimate of drug-likeness (QED) is 0.856. The summed E-state index contributed by atoms with van der Waals surface area (Å²) in [4.78, 5) is 13.9. The van der Waals surface area contributed by atoms with Crippen molar-refractivity contribution in [1.82, 2.24) is 0 Å². The fourth-order valence-electron chi connectivity index (χ4n) is 3.89. The summed E-state index contributed by atoms with van der Waals surface area (Å²) in [5.41, 5.74) is 0.398. The van der Waals surface area contributed by atoms with E-state index in [9.17, 15) is 4.79 Å². The van der Waals surface area contributed by atoms with E-state index in [1.165, 1.54) is 38.8 Å². The van der Waals surface area contributed by atoms with Crippen LogP contribution in [0.1, 0.15) is 42.5 Å². The summed E-state index contributed by atoms with van der Waals surface area (Å²) in [6.07, 6.45) is 6.30. The number of esters is 1. The summed E-state index contributed by atoms with van der Waals surface area (Å²) in [6.45, 7) is 3.06. The van der Waals surface area contributed by atoms with Crippen LogP contribution in [-0.4, -0.2) is 31.7 Å². The van der Waals surface area contributed by atoms with Crippen molar-refractivity contribution in [3.63, 3.8) is 0 Å².